The molecule has 0 bridgehead atoms. The lowest BCUT2D eigenvalue weighted by molar-refractivity contribution is -0.160. The Morgan fingerprint density at radius 2 is 1.90 bits per heavy atom. The van der Waals surface area contributed by atoms with E-state index >= 15 is 0 Å². The van der Waals surface area contributed by atoms with Crippen molar-refractivity contribution >= 4 is 18.3 Å². The van der Waals surface area contributed by atoms with Crippen LogP contribution in [0.2, 0.25) is 0 Å². The number of ether oxygens (including phenoxy) is 1. The normalized spacial score (nSPS) is 27.8. The Bertz CT molecular complexity index is 354. The van der Waals surface area contributed by atoms with Gasteiger partial charge in [0.05, 0.1) is 11.7 Å². The highest BCUT2D eigenvalue weighted by Crippen LogP contribution is 2.39. The molecule has 2 rings (SSSR count). The Balaban J connectivity index is 0.00000220. The molecule has 1 aliphatic carbocycles. The van der Waals surface area contributed by atoms with Crippen molar-refractivity contribution in [2.24, 2.45) is 11.1 Å². The zero-order valence-electron chi connectivity index (χ0n) is 13.7. The van der Waals surface area contributed by atoms with Crippen LogP contribution in [-0.2, 0) is 9.53 Å². The van der Waals surface area contributed by atoms with Crippen molar-refractivity contribution in [3.05, 3.63) is 0 Å². The number of nitrogens with zero attached hydrogens (tertiary/aromatic N) is 1. The van der Waals surface area contributed by atoms with Gasteiger partial charge in [-0.05, 0) is 45.6 Å². The second-order valence-electron chi connectivity index (χ2n) is 7.40. The Hall–Kier alpha value is -0.320. The van der Waals surface area contributed by atoms with Gasteiger partial charge in [-0.15, -0.1) is 12.4 Å². The van der Waals surface area contributed by atoms with Gasteiger partial charge in [-0.2, -0.15) is 0 Å². The SMILES string of the molecule is CC1CN(C(=O)CC2(CN)CCCCC2)CC(C)(C)O1.Cl. The molecule has 124 valence electrons. The number of amides is 1. The molecule has 0 aromatic carbocycles. The summed E-state index contributed by atoms with van der Waals surface area (Å²) < 4.78 is 5.88. The van der Waals surface area contributed by atoms with E-state index < -0.39 is 0 Å². The van der Waals surface area contributed by atoms with Gasteiger partial charge in [0.1, 0.15) is 0 Å². The van der Waals surface area contributed by atoms with Crippen LogP contribution < -0.4 is 5.73 Å². The van der Waals surface area contributed by atoms with E-state index in [1.54, 1.807) is 0 Å². The van der Waals surface area contributed by atoms with Gasteiger partial charge in [0.25, 0.3) is 0 Å². The molecule has 2 N–H and O–H groups in total. The molecule has 1 saturated carbocycles. The van der Waals surface area contributed by atoms with Gasteiger partial charge >= 0.3 is 0 Å². The van der Waals surface area contributed by atoms with Crippen molar-refractivity contribution in [3.8, 4) is 0 Å². The minimum absolute atomic E-state index is 0. The average molecular weight is 319 g/mol. The fourth-order valence-electron chi connectivity index (χ4n) is 3.83. The number of rotatable bonds is 3. The maximum Gasteiger partial charge on any atom is 0.223 e. The Morgan fingerprint density at radius 1 is 1.29 bits per heavy atom. The first-order valence-corrected chi connectivity index (χ1v) is 8.02. The van der Waals surface area contributed by atoms with Crippen molar-refractivity contribution < 1.29 is 9.53 Å². The summed E-state index contributed by atoms with van der Waals surface area (Å²) in [5.74, 6) is 0.264. The lowest BCUT2D eigenvalue weighted by Gasteiger charge is -2.44. The van der Waals surface area contributed by atoms with E-state index in [0.29, 0.717) is 26.1 Å². The molecule has 1 atom stereocenters. The van der Waals surface area contributed by atoms with E-state index in [1.807, 2.05) is 11.8 Å². The molecule has 0 aromatic rings. The molecule has 5 heteroatoms. The monoisotopic (exact) mass is 318 g/mol. The molecule has 0 spiro atoms. The number of hydrogen-bond acceptors (Lipinski definition) is 3. The third kappa shape index (κ3) is 4.83. The lowest BCUT2D eigenvalue weighted by Crippen LogP contribution is -2.54. The first-order chi connectivity index (χ1) is 9.36. The minimum atomic E-state index is -0.240. The van der Waals surface area contributed by atoms with Gasteiger partial charge in [0, 0.05) is 19.5 Å². The molecule has 1 aliphatic heterocycles. The molecular formula is C16H31ClN2O2. The van der Waals surface area contributed by atoms with Crippen LogP contribution in [0.25, 0.3) is 0 Å². The van der Waals surface area contributed by atoms with Crippen LogP contribution in [-0.4, -0.2) is 42.1 Å². The van der Waals surface area contributed by atoms with Gasteiger partial charge in [-0.1, -0.05) is 19.3 Å². The molecule has 1 unspecified atom stereocenters. The highest BCUT2D eigenvalue weighted by Gasteiger charge is 2.38. The molecule has 2 aliphatic rings. The molecule has 4 nitrogen and oxygen atoms in total. The first-order valence-electron chi connectivity index (χ1n) is 8.02. The van der Waals surface area contributed by atoms with Crippen molar-refractivity contribution in [2.45, 2.75) is 71.0 Å². The highest BCUT2D eigenvalue weighted by atomic mass is 35.5. The van der Waals surface area contributed by atoms with Gasteiger partial charge < -0.3 is 15.4 Å². The van der Waals surface area contributed by atoms with E-state index in [9.17, 15) is 4.79 Å². The molecule has 21 heavy (non-hydrogen) atoms. The van der Waals surface area contributed by atoms with Gasteiger partial charge in [0.15, 0.2) is 0 Å². The predicted octanol–water partition coefficient (Wildman–Crippen LogP) is 2.73. The summed E-state index contributed by atoms with van der Waals surface area (Å²) in [6, 6.07) is 0. The largest absolute Gasteiger partial charge is 0.369 e. The number of carbonyl (C=O) groups excluding carboxylic acids is 1. The number of halogens is 1. The van der Waals surface area contributed by atoms with Gasteiger partial charge in [0.2, 0.25) is 5.91 Å². The number of morpholine rings is 1. The Kier molecular flexibility index (Phi) is 6.51. The smallest absolute Gasteiger partial charge is 0.223 e. The molecule has 1 saturated heterocycles. The fraction of sp³-hybridized carbons (Fsp3) is 0.938. The van der Waals surface area contributed by atoms with Crippen molar-refractivity contribution in [3.63, 3.8) is 0 Å². The second kappa shape index (κ2) is 7.30. The molecule has 1 heterocycles. The van der Waals surface area contributed by atoms with E-state index in [1.165, 1.54) is 19.3 Å². The molecule has 1 amide bonds. The van der Waals surface area contributed by atoms with E-state index in [0.717, 1.165) is 12.8 Å². The Labute approximate surface area is 135 Å². The predicted molar refractivity (Wildman–Crippen MR) is 87.6 cm³/mol. The van der Waals surface area contributed by atoms with Gasteiger partial charge in [-0.25, -0.2) is 0 Å². The van der Waals surface area contributed by atoms with Crippen LogP contribution in [0.4, 0.5) is 0 Å². The minimum Gasteiger partial charge on any atom is -0.369 e. The second-order valence-corrected chi connectivity index (χ2v) is 7.40. The fourth-order valence-corrected chi connectivity index (χ4v) is 3.83. The summed E-state index contributed by atoms with van der Waals surface area (Å²) in [6.07, 6.45) is 6.68. The van der Waals surface area contributed by atoms with Crippen LogP contribution in [0, 0.1) is 5.41 Å². The summed E-state index contributed by atoms with van der Waals surface area (Å²) in [5, 5.41) is 0. The summed E-state index contributed by atoms with van der Waals surface area (Å²) in [4.78, 5) is 14.7. The van der Waals surface area contributed by atoms with Crippen LogP contribution in [0.5, 0.6) is 0 Å². The molecule has 2 fully saturated rings. The number of hydrogen-bond donors (Lipinski definition) is 1. The van der Waals surface area contributed by atoms with Gasteiger partial charge in [-0.3, -0.25) is 4.79 Å². The molecule has 0 radical (unpaired) electrons. The maximum absolute atomic E-state index is 12.7. The van der Waals surface area contributed by atoms with E-state index in [2.05, 4.69) is 13.8 Å². The van der Waals surface area contributed by atoms with E-state index in [4.69, 9.17) is 10.5 Å². The van der Waals surface area contributed by atoms with E-state index in [-0.39, 0.29) is 35.4 Å². The topological polar surface area (TPSA) is 55.6 Å². The van der Waals surface area contributed by atoms with Crippen molar-refractivity contribution in [1.29, 1.82) is 0 Å². The van der Waals surface area contributed by atoms with Crippen molar-refractivity contribution in [1.82, 2.24) is 4.90 Å². The van der Waals surface area contributed by atoms with Crippen LogP contribution in [0.1, 0.15) is 59.3 Å². The quantitative estimate of drug-likeness (QED) is 0.870. The van der Waals surface area contributed by atoms with Crippen LogP contribution >= 0.6 is 12.4 Å². The number of nitrogens with two attached hydrogens (primary N) is 1. The summed E-state index contributed by atoms with van der Waals surface area (Å²) >= 11 is 0. The number of carbonyl (C=O) groups is 1. The summed E-state index contributed by atoms with van der Waals surface area (Å²) in [5.41, 5.74) is 5.82. The van der Waals surface area contributed by atoms with Crippen LogP contribution in [0.3, 0.4) is 0 Å². The molecule has 0 aromatic heterocycles. The zero-order valence-corrected chi connectivity index (χ0v) is 14.5. The van der Waals surface area contributed by atoms with Crippen molar-refractivity contribution in [2.75, 3.05) is 19.6 Å². The zero-order chi connectivity index (χ0) is 14.8. The Morgan fingerprint density at radius 3 is 2.43 bits per heavy atom. The highest BCUT2D eigenvalue weighted by molar-refractivity contribution is 5.85. The lowest BCUT2D eigenvalue weighted by atomic mass is 9.71. The van der Waals surface area contributed by atoms with Crippen LogP contribution in [0.15, 0.2) is 0 Å². The standard InChI is InChI=1S/C16H30N2O2.ClH/c1-13-10-18(12-15(2,3)20-13)14(19)9-16(11-17)7-5-4-6-8-16;/h13H,4-12,17H2,1-3H3;1H. The summed E-state index contributed by atoms with van der Waals surface area (Å²) in [6.45, 7) is 8.20. The summed E-state index contributed by atoms with van der Waals surface area (Å²) in [7, 11) is 0. The third-order valence-corrected chi connectivity index (χ3v) is 4.80. The maximum atomic E-state index is 12.7. The third-order valence-electron chi connectivity index (χ3n) is 4.80. The first kappa shape index (κ1) is 18.7. The molecular weight excluding hydrogens is 288 g/mol. The average Bonchev–Trinajstić information content (AvgIpc) is 2.37.